The Labute approximate surface area is 184 Å². The summed E-state index contributed by atoms with van der Waals surface area (Å²) in [5, 5.41) is 3.53. The largest absolute Gasteiger partial charge is 0.469 e. The second kappa shape index (κ2) is 9.86. The van der Waals surface area contributed by atoms with Crippen LogP contribution in [0.1, 0.15) is 43.4 Å². The highest BCUT2D eigenvalue weighted by atomic mass is 16.3. The van der Waals surface area contributed by atoms with Gasteiger partial charge in [0.15, 0.2) is 5.96 Å². The number of furan rings is 1. The molecule has 1 unspecified atom stereocenters. The maximum atomic E-state index is 12.0. The zero-order chi connectivity index (χ0) is 21.6. The first-order valence-corrected chi connectivity index (χ1v) is 11.2. The molecule has 2 aliphatic heterocycles. The number of nitrogens with zero attached hydrogens (tertiary/aromatic N) is 3. The van der Waals surface area contributed by atoms with Crippen LogP contribution in [0.4, 0.5) is 5.69 Å². The third-order valence-electron chi connectivity index (χ3n) is 5.98. The Morgan fingerprint density at radius 3 is 2.90 bits per heavy atom. The molecule has 4 rings (SSSR count). The van der Waals surface area contributed by atoms with E-state index in [1.54, 1.807) is 6.26 Å². The number of guanidine groups is 1. The van der Waals surface area contributed by atoms with Crippen molar-refractivity contribution in [3.8, 4) is 0 Å². The van der Waals surface area contributed by atoms with Gasteiger partial charge in [0.25, 0.3) is 0 Å². The van der Waals surface area contributed by atoms with Crippen LogP contribution >= 0.6 is 0 Å². The minimum Gasteiger partial charge on any atom is -0.469 e. The third kappa shape index (κ3) is 5.19. The standard InChI is InChI=1S/C25H32N4O2/c1-19(2)17-27-25(26-13-11-21-7-6-16-31-21)29-18-20(22-8-3-4-9-23(22)29)12-15-28-14-5-10-24(28)30/h3-4,6-9,16,20H,1,5,10-15,17-18H2,2H3,(H,26,27). The molecule has 0 aliphatic carbocycles. The van der Waals surface area contributed by atoms with Gasteiger partial charge in [-0.3, -0.25) is 4.79 Å². The van der Waals surface area contributed by atoms with Gasteiger partial charge in [-0.15, -0.1) is 0 Å². The van der Waals surface area contributed by atoms with E-state index in [2.05, 4.69) is 41.1 Å². The number of anilines is 1. The van der Waals surface area contributed by atoms with Crippen LogP contribution in [-0.2, 0) is 11.2 Å². The predicted octanol–water partition coefficient (Wildman–Crippen LogP) is 3.96. The van der Waals surface area contributed by atoms with Gasteiger partial charge < -0.3 is 19.5 Å². The van der Waals surface area contributed by atoms with Crippen LogP contribution < -0.4 is 10.2 Å². The van der Waals surface area contributed by atoms with Crippen LogP contribution in [0.5, 0.6) is 0 Å². The number of fused-ring (bicyclic) bond motifs is 1. The van der Waals surface area contributed by atoms with Gasteiger partial charge in [0.2, 0.25) is 5.91 Å². The van der Waals surface area contributed by atoms with Crippen LogP contribution in [0.3, 0.4) is 0 Å². The number of amides is 1. The first-order chi connectivity index (χ1) is 15.1. The van der Waals surface area contributed by atoms with Crippen molar-refractivity contribution in [3.63, 3.8) is 0 Å². The molecule has 0 saturated carbocycles. The number of hydrogen-bond acceptors (Lipinski definition) is 3. The van der Waals surface area contributed by atoms with Crippen molar-refractivity contribution in [2.45, 2.75) is 38.5 Å². The number of carbonyl (C=O) groups is 1. The molecule has 1 saturated heterocycles. The summed E-state index contributed by atoms with van der Waals surface area (Å²) in [6, 6.07) is 12.5. The lowest BCUT2D eigenvalue weighted by molar-refractivity contribution is -0.127. The Hall–Kier alpha value is -3.02. The lowest BCUT2D eigenvalue weighted by Gasteiger charge is -2.24. The molecule has 31 heavy (non-hydrogen) atoms. The van der Waals surface area contributed by atoms with Crippen molar-refractivity contribution < 1.29 is 9.21 Å². The van der Waals surface area contributed by atoms with E-state index in [-0.39, 0.29) is 0 Å². The summed E-state index contributed by atoms with van der Waals surface area (Å²) in [4.78, 5) is 21.2. The first kappa shape index (κ1) is 21.2. The van der Waals surface area contributed by atoms with Gasteiger partial charge in [0, 0.05) is 50.6 Å². The molecule has 6 heteroatoms. The monoisotopic (exact) mass is 420 g/mol. The number of aliphatic imine (C=N–C) groups is 1. The van der Waals surface area contributed by atoms with E-state index >= 15 is 0 Å². The fraction of sp³-hybridized carbons (Fsp3) is 0.440. The van der Waals surface area contributed by atoms with Crippen molar-refractivity contribution in [1.82, 2.24) is 10.2 Å². The molecule has 0 radical (unpaired) electrons. The fourth-order valence-electron chi connectivity index (χ4n) is 4.39. The third-order valence-corrected chi connectivity index (χ3v) is 5.98. The zero-order valence-electron chi connectivity index (χ0n) is 18.3. The lowest BCUT2D eigenvalue weighted by atomic mass is 9.98. The second-order valence-electron chi connectivity index (χ2n) is 8.49. The molecular weight excluding hydrogens is 388 g/mol. The normalized spacial score (nSPS) is 18.5. The molecule has 1 aromatic heterocycles. The summed E-state index contributed by atoms with van der Waals surface area (Å²) in [5.74, 6) is 2.52. The number of hydrogen-bond donors (Lipinski definition) is 1. The summed E-state index contributed by atoms with van der Waals surface area (Å²) in [6.07, 6.45) is 5.17. The smallest absolute Gasteiger partial charge is 0.222 e. The summed E-state index contributed by atoms with van der Waals surface area (Å²) < 4.78 is 5.46. The maximum absolute atomic E-state index is 12.0. The Balaban J connectivity index is 1.47. The molecular formula is C25H32N4O2. The molecule has 1 N–H and O–H groups in total. The van der Waals surface area contributed by atoms with E-state index in [9.17, 15) is 4.79 Å². The van der Waals surface area contributed by atoms with E-state index in [4.69, 9.17) is 9.41 Å². The van der Waals surface area contributed by atoms with Crippen molar-refractivity contribution in [2.24, 2.45) is 4.99 Å². The Morgan fingerprint density at radius 1 is 1.29 bits per heavy atom. The molecule has 1 aromatic carbocycles. The SMILES string of the molecule is C=C(C)CN=C(NCCc1ccco1)N1CC(CCN2CCCC2=O)c2ccccc21. The van der Waals surface area contributed by atoms with Crippen LogP contribution in [0.15, 0.2) is 64.2 Å². The highest BCUT2D eigenvalue weighted by Gasteiger charge is 2.32. The number of rotatable bonds is 8. The number of benzene rings is 1. The van der Waals surface area contributed by atoms with Crippen molar-refractivity contribution in [1.29, 1.82) is 0 Å². The molecule has 0 bridgehead atoms. The Kier molecular flexibility index (Phi) is 6.75. The van der Waals surface area contributed by atoms with Gasteiger partial charge in [-0.25, -0.2) is 4.99 Å². The van der Waals surface area contributed by atoms with Crippen LogP contribution in [-0.4, -0.2) is 49.5 Å². The molecule has 1 fully saturated rings. The topological polar surface area (TPSA) is 61.1 Å². The molecule has 2 aliphatic rings. The average molecular weight is 421 g/mol. The van der Waals surface area contributed by atoms with Crippen LogP contribution in [0.2, 0.25) is 0 Å². The molecule has 1 amide bonds. The minimum absolute atomic E-state index is 0.298. The Morgan fingerprint density at radius 2 is 2.16 bits per heavy atom. The minimum atomic E-state index is 0.298. The maximum Gasteiger partial charge on any atom is 0.222 e. The summed E-state index contributed by atoms with van der Waals surface area (Å²) >= 11 is 0. The number of carbonyl (C=O) groups excluding carboxylic acids is 1. The average Bonchev–Trinajstić information content (AvgIpc) is 3.50. The lowest BCUT2D eigenvalue weighted by Crippen LogP contribution is -2.42. The van der Waals surface area contributed by atoms with Gasteiger partial charge in [0.1, 0.15) is 5.76 Å². The van der Waals surface area contributed by atoms with E-state index in [1.165, 1.54) is 11.3 Å². The molecule has 164 valence electrons. The van der Waals surface area contributed by atoms with E-state index < -0.39 is 0 Å². The number of para-hydroxylation sites is 1. The van der Waals surface area contributed by atoms with E-state index in [1.807, 2.05) is 24.0 Å². The van der Waals surface area contributed by atoms with Crippen LogP contribution in [0.25, 0.3) is 0 Å². The zero-order valence-corrected chi connectivity index (χ0v) is 18.3. The van der Waals surface area contributed by atoms with Gasteiger partial charge in [-0.2, -0.15) is 0 Å². The first-order valence-electron chi connectivity index (χ1n) is 11.2. The molecule has 3 heterocycles. The fourth-order valence-corrected chi connectivity index (χ4v) is 4.39. The van der Waals surface area contributed by atoms with Gasteiger partial charge >= 0.3 is 0 Å². The van der Waals surface area contributed by atoms with Gasteiger partial charge in [-0.05, 0) is 43.5 Å². The molecule has 1 atom stereocenters. The quantitative estimate of drug-likeness (QED) is 0.399. The van der Waals surface area contributed by atoms with E-state index in [0.29, 0.717) is 24.8 Å². The van der Waals surface area contributed by atoms with Crippen LogP contribution in [0, 0.1) is 0 Å². The number of likely N-dealkylation sites (tertiary alicyclic amines) is 1. The van der Waals surface area contributed by atoms with E-state index in [0.717, 1.165) is 62.7 Å². The molecule has 2 aromatic rings. The van der Waals surface area contributed by atoms with Crippen molar-refractivity contribution in [3.05, 3.63) is 66.1 Å². The highest BCUT2D eigenvalue weighted by molar-refractivity contribution is 5.98. The molecule has 0 spiro atoms. The van der Waals surface area contributed by atoms with Crippen molar-refractivity contribution >= 4 is 17.6 Å². The highest BCUT2D eigenvalue weighted by Crippen LogP contribution is 2.38. The summed E-state index contributed by atoms with van der Waals surface area (Å²) in [7, 11) is 0. The van der Waals surface area contributed by atoms with Crippen molar-refractivity contribution in [2.75, 3.05) is 37.6 Å². The Bertz CT molecular complexity index is 935. The second-order valence-corrected chi connectivity index (χ2v) is 8.49. The van der Waals surface area contributed by atoms with Gasteiger partial charge in [-0.1, -0.05) is 30.4 Å². The summed E-state index contributed by atoms with van der Waals surface area (Å²) in [5.41, 5.74) is 3.57. The van der Waals surface area contributed by atoms with Gasteiger partial charge in [0.05, 0.1) is 12.8 Å². The predicted molar refractivity (Wildman–Crippen MR) is 124 cm³/mol. The molecule has 6 nitrogen and oxygen atoms in total. The summed E-state index contributed by atoms with van der Waals surface area (Å²) in [6.45, 7) is 9.94. The number of nitrogens with one attached hydrogen (secondary N) is 1.